The van der Waals surface area contributed by atoms with Crippen molar-refractivity contribution in [2.24, 2.45) is 0 Å². The van der Waals surface area contributed by atoms with Crippen molar-refractivity contribution < 1.29 is 9.53 Å². The van der Waals surface area contributed by atoms with Crippen molar-refractivity contribution in [3.05, 3.63) is 57.6 Å². The number of nitrogen functional groups attached to an aromatic ring is 1. The molecule has 0 radical (unpaired) electrons. The number of anilines is 1. The van der Waals surface area contributed by atoms with Crippen LogP contribution in [0.3, 0.4) is 0 Å². The first kappa shape index (κ1) is 13.2. The van der Waals surface area contributed by atoms with Crippen molar-refractivity contribution >= 4 is 27.4 Å². The number of ether oxygens (including phenoxy) is 1. The van der Waals surface area contributed by atoms with Crippen LogP contribution < -0.4 is 10.5 Å². The molecule has 0 aliphatic carbocycles. The summed E-state index contributed by atoms with van der Waals surface area (Å²) in [6.45, 7) is 0.660. The van der Waals surface area contributed by atoms with Gasteiger partial charge in [0, 0.05) is 15.7 Å². The van der Waals surface area contributed by atoms with E-state index in [4.69, 9.17) is 10.5 Å². The molecule has 0 saturated carbocycles. The number of carbonyl (C=O) groups is 1. The van der Waals surface area contributed by atoms with Crippen LogP contribution in [0.2, 0.25) is 0 Å². The highest BCUT2D eigenvalue weighted by molar-refractivity contribution is 9.10. The van der Waals surface area contributed by atoms with Crippen LogP contribution in [0.15, 0.2) is 40.9 Å². The van der Waals surface area contributed by atoms with Gasteiger partial charge in [0.15, 0.2) is 5.78 Å². The molecule has 0 aromatic heterocycles. The molecule has 1 aliphatic rings. The summed E-state index contributed by atoms with van der Waals surface area (Å²) in [6.07, 6.45) is 1.94. The fourth-order valence-electron chi connectivity index (χ4n) is 2.45. The number of hydrogen-bond donors (Lipinski definition) is 1. The first-order valence-electron chi connectivity index (χ1n) is 6.51. The van der Waals surface area contributed by atoms with E-state index >= 15 is 0 Å². The van der Waals surface area contributed by atoms with Crippen LogP contribution in [0.5, 0.6) is 5.75 Å². The van der Waals surface area contributed by atoms with Gasteiger partial charge in [-0.05, 0) is 42.7 Å². The van der Waals surface area contributed by atoms with Gasteiger partial charge in [-0.3, -0.25) is 4.79 Å². The first-order valence-corrected chi connectivity index (χ1v) is 7.30. The van der Waals surface area contributed by atoms with Crippen LogP contribution in [-0.4, -0.2) is 12.4 Å². The van der Waals surface area contributed by atoms with Gasteiger partial charge in [-0.25, -0.2) is 0 Å². The zero-order chi connectivity index (χ0) is 14.1. The number of rotatable bonds is 2. The van der Waals surface area contributed by atoms with Gasteiger partial charge >= 0.3 is 0 Å². The second kappa shape index (κ2) is 5.29. The molecular formula is C16H14BrNO2. The molecule has 0 atom stereocenters. The van der Waals surface area contributed by atoms with E-state index < -0.39 is 0 Å². The van der Waals surface area contributed by atoms with Crippen LogP contribution >= 0.6 is 15.9 Å². The van der Waals surface area contributed by atoms with Crippen LogP contribution in [0.25, 0.3) is 0 Å². The number of benzene rings is 2. The Morgan fingerprint density at radius 2 is 2.05 bits per heavy atom. The quantitative estimate of drug-likeness (QED) is 0.675. The summed E-state index contributed by atoms with van der Waals surface area (Å²) >= 11 is 3.35. The highest BCUT2D eigenvalue weighted by Crippen LogP contribution is 2.32. The minimum absolute atomic E-state index is 0.0891. The van der Waals surface area contributed by atoms with Gasteiger partial charge < -0.3 is 10.5 Å². The Morgan fingerprint density at radius 1 is 1.20 bits per heavy atom. The number of nitrogens with two attached hydrogens (primary N) is 1. The molecule has 2 aromatic rings. The van der Waals surface area contributed by atoms with Crippen molar-refractivity contribution in [2.75, 3.05) is 12.3 Å². The molecule has 3 rings (SSSR count). The Bertz CT molecular complexity index is 682. The van der Waals surface area contributed by atoms with E-state index in [0.717, 1.165) is 22.9 Å². The number of halogens is 1. The maximum atomic E-state index is 12.7. The number of carbonyl (C=O) groups excluding carboxylic acids is 1. The summed E-state index contributed by atoms with van der Waals surface area (Å²) < 4.78 is 6.55. The Balaban J connectivity index is 2.07. The molecular weight excluding hydrogens is 318 g/mol. The molecule has 20 heavy (non-hydrogen) atoms. The van der Waals surface area contributed by atoms with Crippen molar-refractivity contribution in [3.63, 3.8) is 0 Å². The van der Waals surface area contributed by atoms with Gasteiger partial charge in [-0.2, -0.15) is 0 Å². The molecule has 1 aliphatic heterocycles. The molecule has 2 aromatic carbocycles. The molecule has 4 heteroatoms. The summed E-state index contributed by atoms with van der Waals surface area (Å²) in [5.74, 6) is 0.625. The number of hydrogen-bond acceptors (Lipinski definition) is 3. The van der Waals surface area contributed by atoms with E-state index in [1.807, 2.05) is 18.2 Å². The molecule has 1 heterocycles. The lowest BCUT2D eigenvalue weighted by molar-refractivity contribution is 0.103. The number of para-hydroxylation sites is 1. The molecule has 0 amide bonds. The average molecular weight is 332 g/mol. The lowest BCUT2D eigenvalue weighted by atomic mass is 9.96. The Labute approximate surface area is 125 Å². The van der Waals surface area contributed by atoms with Crippen LogP contribution in [-0.2, 0) is 6.42 Å². The third-order valence-corrected chi connectivity index (χ3v) is 3.93. The highest BCUT2D eigenvalue weighted by Gasteiger charge is 2.21. The van der Waals surface area contributed by atoms with E-state index in [-0.39, 0.29) is 5.78 Å². The maximum absolute atomic E-state index is 12.7. The second-order valence-electron chi connectivity index (χ2n) is 4.81. The van der Waals surface area contributed by atoms with E-state index in [1.54, 1.807) is 18.2 Å². The normalized spacial score (nSPS) is 13.4. The van der Waals surface area contributed by atoms with Crippen LogP contribution in [0.4, 0.5) is 5.69 Å². The zero-order valence-electron chi connectivity index (χ0n) is 10.9. The third kappa shape index (κ3) is 2.31. The van der Waals surface area contributed by atoms with E-state index in [9.17, 15) is 4.79 Å². The smallest absolute Gasteiger partial charge is 0.198 e. The summed E-state index contributed by atoms with van der Waals surface area (Å²) in [5, 5.41) is 0. The summed E-state index contributed by atoms with van der Waals surface area (Å²) in [4.78, 5) is 12.7. The van der Waals surface area contributed by atoms with Gasteiger partial charge in [-0.15, -0.1) is 0 Å². The summed E-state index contributed by atoms with van der Waals surface area (Å²) in [6, 6.07) is 11.0. The van der Waals surface area contributed by atoms with Crippen molar-refractivity contribution in [2.45, 2.75) is 12.8 Å². The Hall–Kier alpha value is -1.81. The highest BCUT2D eigenvalue weighted by atomic mass is 79.9. The summed E-state index contributed by atoms with van der Waals surface area (Å²) in [5.41, 5.74) is 8.61. The number of ketones is 1. The third-order valence-electron chi connectivity index (χ3n) is 3.44. The monoisotopic (exact) mass is 331 g/mol. The fourth-order valence-corrected chi connectivity index (χ4v) is 2.83. The predicted molar refractivity (Wildman–Crippen MR) is 82.2 cm³/mol. The van der Waals surface area contributed by atoms with E-state index in [1.165, 1.54) is 0 Å². The zero-order valence-corrected chi connectivity index (χ0v) is 12.4. The Kier molecular flexibility index (Phi) is 3.49. The van der Waals surface area contributed by atoms with Gasteiger partial charge in [0.2, 0.25) is 0 Å². The lowest BCUT2D eigenvalue weighted by Gasteiger charge is -2.20. The molecule has 3 nitrogen and oxygen atoms in total. The lowest BCUT2D eigenvalue weighted by Crippen LogP contribution is -2.14. The van der Waals surface area contributed by atoms with Gasteiger partial charge in [0.1, 0.15) is 5.75 Å². The van der Waals surface area contributed by atoms with Crippen LogP contribution in [0, 0.1) is 0 Å². The second-order valence-corrected chi connectivity index (χ2v) is 5.72. The average Bonchev–Trinajstić information content (AvgIpc) is 2.46. The maximum Gasteiger partial charge on any atom is 0.198 e. The SMILES string of the molecule is Nc1cc(Br)ccc1C(=O)c1cccc2c1OCCC2. The predicted octanol–water partition coefficient (Wildman–Crippen LogP) is 3.59. The van der Waals surface area contributed by atoms with Gasteiger partial charge in [0.05, 0.1) is 12.2 Å². The van der Waals surface area contributed by atoms with Crippen molar-refractivity contribution in [1.82, 2.24) is 0 Å². The van der Waals surface area contributed by atoms with Crippen molar-refractivity contribution in [3.8, 4) is 5.75 Å². The molecule has 0 unspecified atom stereocenters. The minimum atomic E-state index is -0.0891. The molecule has 0 fully saturated rings. The topological polar surface area (TPSA) is 52.3 Å². The molecule has 102 valence electrons. The molecule has 0 spiro atoms. The van der Waals surface area contributed by atoms with E-state index in [0.29, 0.717) is 29.2 Å². The fraction of sp³-hybridized carbons (Fsp3) is 0.188. The van der Waals surface area contributed by atoms with Crippen LogP contribution in [0.1, 0.15) is 27.9 Å². The molecule has 0 bridgehead atoms. The van der Waals surface area contributed by atoms with E-state index in [2.05, 4.69) is 15.9 Å². The number of fused-ring (bicyclic) bond motifs is 1. The standard InChI is InChI=1S/C16H14BrNO2/c17-11-6-7-12(14(18)9-11)15(19)13-5-1-3-10-4-2-8-20-16(10)13/h1,3,5-7,9H,2,4,8,18H2. The minimum Gasteiger partial charge on any atom is -0.493 e. The Morgan fingerprint density at radius 3 is 2.85 bits per heavy atom. The summed E-state index contributed by atoms with van der Waals surface area (Å²) in [7, 11) is 0. The molecule has 0 saturated heterocycles. The van der Waals surface area contributed by atoms with Crippen molar-refractivity contribution in [1.29, 1.82) is 0 Å². The first-order chi connectivity index (χ1) is 9.66. The number of aryl methyl sites for hydroxylation is 1. The van der Waals surface area contributed by atoms with Gasteiger partial charge in [0.25, 0.3) is 0 Å². The molecule has 2 N–H and O–H groups in total. The largest absolute Gasteiger partial charge is 0.493 e. The van der Waals surface area contributed by atoms with Gasteiger partial charge in [-0.1, -0.05) is 28.1 Å².